The second-order valence-corrected chi connectivity index (χ2v) is 7.01. The van der Waals surface area contributed by atoms with Gasteiger partial charge >= 0.3 is 0 Å². The zero-order valence-corrected chi connectivity index (χ0v) is 13.9. The molecule has 0 bridgehead atoms. The van der Waals surface area contributed by atoms with Crippen LogP contribution in [0.4, 0.5) is 5.00 Å². The Balaban J connectivity index is 1.84. The van der Waals surface area contributed by atoms with Crippen molar-refractivity contribution in [3.05, 3.63) is 33.8 Å². The highest BCUT2D eigenvalue weighted by Gasteiger charge is 2.39. The van der Waals surface area contributed by atoms with Crippen molar-refractivity contribution < 1.29 is 4.79 Å². The largest absolute Gasteiger partial charge is 0.316 e. The first-order chi connectivity index (χ1) is 9.97. The Morgan fingerprint density at radius 3 is 2.71 bits per heavy atom. The summed E-state index contributed by atoms with van der Waals surface area (Å²) < 4.78 is 4.43. The van der Waals surface area contributed by atoms with Gasteiger partial charge in [0.1, 0.15) is 5.00 Å². The van der Waals surface area contributed by atoms with E-state index < -0.39 is 0 Å². The number of nitrogens with one attached hydrogen (secondary N) is 1. The molecule has 2 aromatic rings. The Hall–Kier alpha value is -1.10. The van der Waals surface area contributed by atoms with Crippen LogP contribution in [-0.4, -0.2) is 10.3 Å². The SMILES string of the molecule is Cc1c(-c2ccc(Cl)c(Cl)c2)nsc1NC(=O)[C@@H]1CC1C. The van der Waals surface area contributed by atoms with Gasteiger partial charge in [0.25, 0.3) is 0 Å². The molecule has 1 fully saturated rings. The molecule has 0 radical (unpaired) electrons. The van der Waals surface area contributed by atoms with E-state index in [1.807, 2.05) is 13.0 Å². The van der Waals surface area contributed by atoms with Crippen LogP contribution in [0.2, 0.25) is 10.0 Å². The third-order valence-corrected chi connectivity index (χ3v) is 5.40. The second-order valence-electron chi connectivity index (χ2n) is 5.42. The van der Waals surface area contributed by atoms with Crippen molar-refractivity contribution in [3.63, 3.8) is 0 Å². The molecule has 1 unspecified atom stereocenters. The second kappa shape index (κ2) is 5.59. The maximum Gasteiger partial charge on any atom is 0.228 e. The average Bonchev–Trinajstić information content (AvgIpc) is 3.08. The van der Waals surface area contributed by atoms with Crippen LogP contribution in [0.5, 0.6) is 0 Å². The van der Waals surface area contributed by atoms with E-state index in [2.05, 4.69) is 16.6 Å². The highest BCUT2D eigenvalue weighted by Crippen LogP contribution is 2.40. The van der Waals surface area contributed by atoms with Crippen molar-refractivity contribution in [1.82, 2.24) is 4.37 Å². The van der Waals surface area contributed by atoms with E-state index in [0.29, 0.717) is 16.0 Å². The van der Waals surface area contributed by atoms with Gasteiger partial charge in [-0.25, -0.2) is 0 Å². The number of carbonyl (C=O) groups is 1. The zero-order valence-electron chi connectivity index (χ0n) is 11.6. The fraction of sp³-hybridized carbons (Fsp3) is 0.333. The van der Waals surface area contributed by atoms with Crippen LogP contribution < -0.4 is 5.32 Å². The number of aromatic nitrogens is 1. The van der Waals surface area contributed by atoms with Gasteiger partial charge in [-0.3, -0.25) is 4.79 Å². The lowest BCUT2D eigenvalue weighted by molar-refractivity contribution is -0.117. The Morgan fingerprint density at radius 2 is 2.10 bits per heavy atom. The molecule has 1 heterocycles. The molecule has 0 saturated heterocycles. The topological polar surface area (TPSA) is 42.0 Å². The summed E-state index contributed by atoms with van der Waals surface area (Å²) in [7, 11) is 0. The summed E-state index contributed by atoms with van der Waals surface area (Å²) in [6.45, 7) is 4.04. The maximum atomic E-state index is 12.0. The molecule has 2 atom stereocenters. The fourth-order valence-electron chi connectivity index (χ4n) is 2.26. The van der Waals surface area contributed by atoms with Gasteiger partial charge in [0.05, 0.1) is 15.7 Å². The molecule has 1 aliphatic carbocycles. The third-order valence-electron chi connectivity index (χ3n) is 3.80. The molecule has 110 valence electrons. The predicted molar refractivity (Wildman–Crippen MR) is 88.2 cm³/mol. The number of benzene rings is 1. The number of carbonyl (C=O) groups excluding carboxylic acids is 1. The van der Waals surface area contributed by atoms with Gasteiger partial charge in [0.15, 0.2) is 0 Å². The molecular weight excluding hydrogens is 327 g/mol. The van der Waals surface area contributed by atoms with E-state index in [0.717, 1.165) is 28.2 Å². The molecule has 1 aliphatic rings. The van der Waals surface area contributed by atoms with E-state index in [9.17, 15) is 4.79 Å². The highest BCUT2D eigenvalue weighted by molar-refractivity contribution is 7.10. The smallest absolute Gasteiger partial charge is 0.228 e. The van der Waals surface area contributed by atoms with Crippen LogP contribution in [0.15, 0.2) is 18.2 Å². The van der Waals surface area contributed by atoms with Gasteiger partial charge in [-0.05, 0) is 42.9 Å². The monoisotopic (exact) mass is 340 g/mol. The summed E-state index contributed by atoms with van der Waals surface area (Å²) in [6, 6.07) is 5.42. The van der Waals surface area contributed by atoms with E-state index >= 15 is 0 Å². The third kappa shape index (κ3) is 2.93. The van der Waals surface area contributed by atoms with Crippen LogP contribution in [0, 0.1) is 18.8 Å². The van der Waals surface area contributed by atoms with Crippen molar-refractivity contribution in [2.45, 2.75) is 20.3 Å². The number of amides is 1. The molecule has 1 aromatic heterocycles. The summed E-state index contributed by atoms with van der Waals surface area (Å²) in [5, 5.41) is 4.80. The Kier molecular flexibility index (Phi) is 3.95. The minimum atomic E-state index is 0.0925. The van der Waals surface area contributed by atoms with Crippen molar-refractivity contribution in [2.24, 2.45) is 11.8 Å². The van der Waals surface area contributed by atoms with Crippen LogP contribution >= 0.6 is 34.7 Å². The first-order valence-electron chi connectivity index (χ1n) is 6.70. The summed E-state index contributed by atoms with van der Waals surface area (Å²) in [5.41, 5.74) is 2.69. The summed E-state index contributed by atoms with van der Waals surface area (Å²) in [6.07, 6.45) is 0.976. The molecule has 1 amide bonds. The number of hydrogen-bond donors (Lipinski definition) is 1. The fourth-order valence-corrected chi connectivity index (χ4v) is 3.36. The van der Waals surface area contributed by atoms with E-state index in [1.165, 1.54) is 11.5 Å². The quantitative estimate of drug-likeness (QED) is 0.852. The van der Waals surface area contributed by atoms with Crippen LogP contribution in [0.25, 0.3) is 11.3 Å². The lowest BCUT2D eigenvalue weighted by Gasteiger charge is -2.04. The van der Waals surface area contributed by atoms with Crippen molar-refractivity contribution in [3.8, 4) is 11.3 Å². The van der Waals surface area contributed by atoms with Gasteiger partial charge in [-0.1, -0.05) is 36.2 Å². The normalized spacial score (nSPS) is 20.4. The number of rotatable bonds is 3. The number of halogens is 2. The minimum absolute atomic E-state index is 0.0925. The van der Waals surface area contributed by atoms with Gasteiger partial charge < -0.3 is 5.32 Å². The molecule has 3 nitrogen and oxygen atoms in total. The summed E-state index contributed by atoms with van der Waals surface area (Å²) in [4.78, 5) is 12.0. The molecule has 6 heteroatoms. The van der Waals surface area contributed by atoms with Gasteiger partial charge in [0.2, 0.25) is 5.91 Å². The zero-order chi connectivity index (χ0) is 15.1. The molecule has 1 aromatic carbocycles. The Morgan fingerprint density at radius 1 is 1.38 bits per heavy atom. The van der Waals surface area contributed by atoms with Crippen LogP contribution in [-0.2, 0) is 4.79 Å². The number of hydrogen-bond acceptors (Lipinski definition) is 3. The lowest BCUT2D eigenvalue weighted by atomic mass is 10.1. The maximum absolute atomic E-state index is 12.0. The molecule has 0 spiro atoms. The van der Waals surface area contributed by atoms with E-state index in [1.54, 1.807) is 12.1 Å². The van der Waals surface area contributed by atoms with E-state index in [4.69, 9.17) is 23.2 Å². The van der Waals surface area contributed by atoms with Gasteiger partial charge in [-0.15, -0.1) is 0 Å². The first-order valence-corrected chi connectivity index (χ1v) is 8.23. The van der Waals surface area contributed by atoms with Gasteiger partial charge in [0, 0.05) is 17.0 Å². The Labute approximate surface area is 137 Å². The predicted octanol–water partition coefficient (Wildman–Crippen LogP) is 5.02. The lowest BCUT2D eigenvalue weighted by Crippen LogP contribution is -2.14. The highest BCUT2D eigenvalue weighted by atomic mass is 35.5. The van der Waals surface area contributed by atoms with Crippen LogP contribution in [0.3, 0.4) is 0 Å². The van der Waals surface area contributed by atoms with E-state index in [-0.39, 0.29) is 11.8 Å². The standard InChI is InChI=1S/C15H14Cl2N2OS/c1-7-5-10(7)14(20)18-15-8(2)13(19-21-15)9-3-4-11(16)12(17)6-9/h3-4,6-7,10H,5H2,1-2H3,(H,18,20)/t7?,10-/m1/s1. The minimum Gasteiger partial charge on any atom is -0.316 e. The Bertz CT molecular complexity index is 714. The van der Waals surface area contributed by atoms with Crippen molar-refractivity contribution in [2.75, 3.05) is 5.32 Å². The summed E-state index contributed by atoms with van der Waals surface area (Å²) in [5.74, 6) is 0.739. The number of nitrogens with zero attached hydrogens (tertiary/aromatic N) is 1. The average molecular weight is 341 g/mol. The van der Waals surface area contributed by atoms with Crippen molar-refractivity contribution in [1.29, 1.82) is 0 Å². The summed E-state index contributed by atoms with van der Waals surface area (Å²) >= 11 is 13.3. The number of anilines is 1. The molecule has 1 saturated carbocycles. The first kappa shape index (κ1) is 14.8. The molecule has 0 aliphatic heterocycles. The molecule has 3 rings (SSSR count). The van der Waals surface area contributed by atoms with Crippen LogP contribution in [0.1, 0.15) is 18.9 Å². The van der Waals surface area contributed by atoms with Crippen molar-refractivity contribution >= 4 is 45.6 Å². The molecule has 21 heavy (non-hydrogen) atoms. The molecule has 1 N–H and O–H groups in total. The molecular formula is C15H14Cl2N2OS. The van der Waals surface area contributed by atoms with Gasteiger partial charge in [-0.2, -0.15) is 4.37 Å².